The first-order chi connectivity index (χ1) is 9.75. The molecule has 21 heavy (non-hydrogen) atoms. The summed E-state index contributed by atoms with van der Waals surface area (Å²) in [6, 6.07) is 4.45. The van der Waals surface area contributed by atoms with Crippen molar-refractivity contribution in [2.45, 2.75) is 23.6 Å². The molecule has 0 saturated heterocycles. The molecule has 7 nitrogen and oxygen atoms in total. The molecule has 2 aromatic rings. The predicted octanol–water partition coefficient (Wildman–Crippen LogP) is 2.84. The summed E-state index contributed by atoms with van der Waals surface area (Å²) in [7, 11) is -4.45. The molecule has 0 saturated carbocycles. The number of rotatable bonds is 4. The maximum atomic E-state index is 11.4. The number of hydrogen-bond acceptors (Lipinski definition) is 7. The van der Waals surface area contributed by atoms with Crippen molar-refractivity contribution in [1.29, 1.82) is 0 Å². The fraction of sp³-hybridized carbons (Fsp3) is 0.167. The minimum atomic E-state index is -4.45. The van der Waals surface area contributed by atoms with Gasteiger partial charge in [-0.3, -0.25) is 4.55 Å². The van der Waals surface area contributed by atoms with Crippen LogP contribution in [0, 0.1) is 13.8 Å². The van der Waals surface area contributed by atoms with Crippen molar-refractivity contribution in [3.63, 3.8) is 0 Å². The highest BCUT2D eigenvalue weighted by Crippen LogP contribution is 2.37. The van der Waals surface area contributed by atoms with E-state index in [1.165, 1.54) is 19.1 Å². The van der Waals surface area contributed by atoms with E-state index in [1.54, 1.807) is 13.0 Å². The van der Waals surface area contributed by atoms with E-state index in [0.29, 0.717) is 33.3 Å². The van der Waals surface area contributed by atoms with Crippen LogP contribution in [0.5, 0.6) is 5.75 Å². The highest BCUT2D eigenvalue weighted by atomic mass is 32.2. The van der Waals surface area contributed by atoms with Crippen LogP contribution in [0.4, 0.5) is 0 Å². The quantitative estimate of drug-likeness (QED) is 0.339. The number of phenols is 1. The van der Waals surface area contributed by atoms with Crippen LogP contribution in [-0.4, -0.2) is 23.3 Å². The van der Waals surface area contributed by atoms with Crippen LogP contribution in [0.3, 0.4) is 0 Å². The van der Waals surface area contributed by atoms with Crippen LogP contribution in [0.1, 0.15) is 11.1 Å². The Balaban J connectivity index is 2.76. The SMILES string of the molecule is Cc1c(S(=O)(=O)O)cc2cc(SOOO)cc(C)c2c1O. The number of aryl methyl sites for hydroxylation is 1. The van der Waals surface area contributed by atoms with Gasteiger partial charge in [0.1, 0.15) is 10.6 Å². The van der Waals surface area contributed by atoms with Crippen molar-refractivity contribution in [2.24, 2.45) is 0 Å². The normalized spacial score (nSPS) is 12.0. The lowest BCUT2D eigenvalue weighted by molar-refractivity contribution is -0.432. The Labute approximate surface area is 124 Å². The molecule has 0 atom stereocenters. The molecule has 0 spiro atoms. The Morgan fingerprint density at radius 3 is 2.43 bits per heavy atom. The van der Waals surface area contributed by atoms with E-state index in [9.17, 15) is 18.1 Å². The van der Waals surface area contributed by atoms with Gasteiger partial charge in [0, 0.05) is 15.8 Å². The molecule has 0 unspecified atom stereocenters. The number of aromatic hydroxyl groups is 1. The molecule has 114 valence electrons. The Hall–Kier alpha value is -1.36. The summed E-state index contributed by atoms with van der Waals surface area (Å²) >= 11 is 0.707. The molecule has 0 radical (unpaired) electrons. The molecule has 0 aliphatic rings. The Morgan fingerprint density at radius 2 is 1.86 bits per heavy atom. The highest BCUT2D eigenvalue weighted by molar-refractivity contribution is 7.94. The molecule has 0 heterocycles. The van der Waals surface area contributed by atoms with Gasteiger partial charge in [0.15, 0.2) is 0 Å². The van der Waals surface area contributed by atoms with Gasteiger partial charge in [-0.1, -0.05) is 5.04 Å². The topological polar surface area (TPSA) is 113 Å². The van der Waals surface area contributed by atoms with Gasteiger partial charge < -0.3 is 5.11 Å². The Bertz CT molecular complexity index is 799. The summed E-state index contributed by atoms with van der Waals surface area (Å²) in [6.45, 7) is 3.13. The molecule has 2 aromatic carbocycles. The third-order valence-electron chi connectivity index (χ3n) is 3.03. The summed E-state index contributed by atoms with van der Waals surface area (Å²) in [5.74, 6) is -0.214. The maximum Gasteiger partial charge on any atom is 0.294 e. The smallest absolute Gasteiger partial charge is 0.294 e. The highest BCUT2D eigenvalue weighted by Gasteiger charge is 2.20. The minimum Gasteiger partial charge on any atom is -0.507 e. The van der Waals surface area contributed by atoms with E-state index < -0.39 is 10.1 Å². The Kier molecular flexibility index (Phi) is 4.42. The first-order valence-electron chi connectivity index (χ1n) is 5.65. The van der Waals surface area contributed by atoms with E-state index in [-0.39, 0.29) is 16.2 Å². The fourth-order valence-corrected chi connectivity index (χ4v) is 3.41. The van der Waals surface area contributed by atoms with Crippen molar-refractivity contribution in [3.05, 3.63) is 29.3 Å². The van der Waals surface area contributed by atoms with E-state index >= 15 is 0 Å². The number of fused-ring (bicyclic) bond motifs is 1. The average molecular weight is 332 g/mol. The largest absolute Gasteiger partial charge is 0.507 e. The number of phenolic OH excluding ortho intramolecular Hbond substituents is 1. The molecule has 0 amide bonds. The van der Waals surface area contributed by atoms with Gasteiger partial charge in [0.05, 0.1) is 12.0 Å². The van der Waals surface area contributed by atoms with E-state index in [2.05, 4.69) is 9.37 Å². The average Bonchev–Trinajstić information content (AvgIpc) is 2.38. The molecule has 0 aliphatic heterocycles. The fourth-order valence-electron chi connectivity index (χ4n) is 2.14. The third-order valence-corrected chi connectivity index (χ3v) is 4.56. The van der Waals surface area contributed by atoms with E-state index in [0.717, 1.165) is 0 Å². The van der Waals surface area contributed by atoms with Gasteiger partial charge in [0.25, 0.3) is 10.1 Å². The molecule has 0 bridgehead atoms. The maximum absolute atomic E-state index is 11.4. The van der Waals surface area contributed by atoms with Crippen molar-refractivity contribution < 1.29 is 32.7 Å². The summed E-state index contributed by atoms with van der Waals surface area (Å²) < 4.78 is 36.2. The van der Waals surface area contributed by atoms with Crippen molar-refractivity contribution >= 4 is 32.9 Å². The Morgan fingerprint density at radius 1 is 1.19 bits per heavy atom. The van der Waals surface area contributed by atoms with E-state index in [1.807, 2.05) is 0 Å². The minimum absolute atomic E-state index is 0.0726. The van der Waals surface area contributed by atoms with Crippen molar-refractivity contribution in [1.82, 2.24) is 0 Å². The van der Waals surface area contributed by atoms with Crippen LogP contribution >= 0.6 is 12.0 Å². The second-order valence-corrected chi connectivity index (χ2v) is 6.55. The summed E-state index contributed by atoms with van der Waals surface area (Å²) in [4.78, 5) is 0.145. The van der Waals surface area contributed by atoms with Crippen molar-refractivity contribution in [2.75, 3.05) is 0 Å². The summed E-state index contributed by atoms with van der Waals surface area (Å²) in [6.07, 6.45) is 0. The van der Waals surface area contributed by atoms with Gasteiger partial charge in [-0.25, -0.2) is 5.26 Å². The zero-order valence-electron chi connectivity index (χ0n) is 11.0. The number of hydrogen-bond donors (Lipinski definition) is 3. The van der Waals surface area contributed by atoms with Crippen LogP contribution in [0.15, 0.2) is 28.0 Å². The van der Waals surface area contributed by atoms with Crippen LogP contribution in [0.2, 0.25) is 0 Å². The van der Waals surface area contributed by atoms with Gasteiger partial charge in [-0.05, 0) is 43.0 Å². The van der Waals surface area contributed by atoms with Crippen LogP contribution in [0.25, 0.3) is 10.8 Å². The number of benzene rings is 2. The lowest BCUT2D eigenvalue weighted by Gasteiger charge is -2.12. The van der Waals surface area contributed by atoms with Gasteiger partial charge >= 0.3 is 0 Å². The van der Waals surface area contributed by atoms with Crippen LogP contribution < -0.4 is 0 Å². The van der Waals surface area contributed by atoms with Crippen LogP contribution in [-0.2, 0) is 19.5 Å². The molecule has 9 heteroatoms. The van der Waals surface area contributed by atoms with Gasteiger partial charge in [-0.15, -0.1) is 4.33 Å². The monoisotopic (exact) mass is 332 g/mol. The zero-order valence-corrected chi connectivity index (χ0v) is 12.7. The summed E-state index contributed by atoms with van der Waals surface area (Å²) in [5, 5.41) is 22.7. The first kappa shape index (κ1) is 16.0. The van der Waals surface area contributed by atoms with Crippen molar-refractivity contribution in [3.8, 4) is 5.75 Å². The molecule has 3 N–H and O–H groups in total. The zero-order chi connectivity index (χ0) is 15.8. The molecular weight excluding hydrogens is 320 g/mol. The van der Waals surface area contributed by atoms with Gasteiger partial charge in [0.2, 0.25) is 0 Å². The lowest BCUT2D eigenvalue weighted by Crippen LogP contribution is -2.02. The summed E-state index contributed by atoms with van der Waals surface area (Å²) in [5.41, 5.74) is 0.738. The lowest BCUT2D eigenvalue weighted by atomic mass is 10.0. The third kappa shape index (κ3) is 3.12. The standard InChI is InChI=1S/C12H12O7S2/c1-6-3-9(20-19-18-14)4-8-5-10(21(15,16)17)7(2)12(13)11(6)8/h3-5,13-14H,1-2H3,(H,15,16,17). The van der Waals surface area contributed by atoms with Gasteiger partial charge in [-0.2, -0.15) is 8.42 Å². The van der Waals surface area contributed by atoms with E-state index in [4.69, 9.17) is 5.26 Å². The molecule has 0 fully saturated rings. The molecule has 0 aliphatic carbocycles. The molecule has 0 aromatic heterocycles. The second kappa shape index (κ2) is 5.79. The first-order valence-corrected chi connectivity index (χ1v) is 7.83. The molecular formula is C12H12O7S2. The molecule has 2 rings (SSSR count). The predicted molar refractivity (Wildman–Crippen MR) is 75.6 cm³/mol. The second-order valence-electron chi connectivity index (χ2n) is 4.39.